The zero-order valence-electron chi connectivity index (χ0n) is 15.5. The molecule has 1 aromatic carbocycles. The van der Waals surface area contributed by atoms with Gasteiger partial charge in [-0.3, -0.25) is 0 Å². The molecule has 0 amide bonds. The van der Waals surface area contributed by atoms with Gasteiger partial charge in [0.25, 0.3) is 0 Å². The van der Waals surface area contributed by atoms with Crippen LogP contribution in [0.3, 0.4) is 0 Å². The first-order valence-electron chi connectivity index (χ1n) is 9.54. The third-order valence-corrected chi connectivity index (χ3v) is 5.40. The van der Waals surface area contributed by atoms with E-state index in [1.807, 2.05) is 6.07 Å². The smallest absolute Gasteiger partial charge is 0.247 e. The number of hydrogen-bond acceptors (Lipinski definition) is 8. The highest BCUT2D eigenvalue weighted by molar-refractivity contribution is 5.71. The van der Waals surface area contributed by atoms with Crippen LogP contribution in [-0.2, 0) is 0 Å². The highest BCUT2D eigenvalue weighted by Gasteiger charge is 2.34. The minimum Gasteiger partial charge on any atom is -0.507 e. The number of aromatic hydroxyl groups is 1. The molecule has 2 aliphatic rings. The van der Waals surface area contributed by atoms with Gasteiger partial charge in [0.15, 0.2) is 0 Å². The Labute approximate surface area is 162 Å². The number of aromatic nitrogens is 4. The number of aryl methyl sites for hydroxylation is 1. The summed E-state index contributed by atoms with van der Waals surface area (Å²) in [5, 5.41) is 30.2. The maximum atomic E-state index is 10.4. The molecule has 5 rings (SSSR count). The Morgan fingerprint density at radius 1 is 1.04 bits per heavy atom. The molecule has 3 aromatic rings. The summed E-state index contributed by atoms with van der Waals surface area (Å²) >= 11 is 0. The Hall–Kier alpha value is -3.00. The lowest BCUT2D eigenvalue weighted by Crippen LogP contribution is -2.42. The molecule has 0 spiro atoms. The van der Waals surface area contributed by atoms with Gasteiger partial charge < -0.3 is 19.6 Å². The number of piperidine rings is 1. The Bertz CT molecular complexity index is 976. The molecule has 2 saturated heterocycles. The maximum absolute atomic E-state index is 10.4. The summed E-state index contributed by atoms with van der Waals surface area (Å²) < 4.78 is 11.4. The lowest BCUT2D eigenvalue weighted by atomic mass is 10.0. The number of rotatable bonds is 4. The van der Waals surface area contributed by atoms with Gasteiger partial charge in [-0.1, -0.05) is 0 Å². The number of fused-ring (bicyclic) bond motifs is 2. The molecule has 2 fully saturated rings. The van der Waals surface area contributed by atoms with E-state index in [2.05, 4.69) is 25.7 Å². The second-order valence-electron chi connectivity index (χ2n) is 7.46. The lowest BCUT2D eigenvalue weighted by Gasteiger charge is -2.28. The summed E-state index contributed by atoms with van der Waals surface area (Å²) in [4.78, 5) is 0. The number of hydrogen-bond donors (Lipinski definition) is 2. The number of ether oxygens (including phenoxy) is 1. The molecule has 0 radical (unpaired) electrons. The summed E-state index contributed by atoms with van der Waals surface area (Å²) in [6.07, 6.45) is 4.67. The minimum atomic E-state index is 0.0752. The van der Waals surface area contributed by atoms with Crippen molar-refractivity contribution >= 4 is 0 Å². The van der Waals surface area contributed by atoms with E-state index in [4.69, 9.17) is 9.15 Å². The monoisotopic (exact) mass is 379 g/mol. The molecule has 8 nitrogen and oxygen atoms in total. The number of nitrogens with zero attached hydrogens (tertiary/aromatic N) is 4. The number of phenolic OH excluding ortho intramolecular Hbond substituents is 1. The van der Waals surface area contributed by atoms with Crippen molar-refractivity contribution in [3.8, 4) is 34.3 Å². The van der Waals surface area contributed by atoms with E-state index in [1.54, 1.807) is 31.2 Å². The first-order valence-corrected chi connectivity index (χ1v) is 9.54. The van der Waals surface area contributed by atoms with Crippen LogP contribution in [0.2, 0.25) is 0 Å². The number of benzene rings is 1. The van der Waals surface area contributed by atoms with Crippen molar-refractivity contribution in [2.75, 3.05) is 0 Å². The van der Waals surface area contributed by atoms with E-state index in [-0.39, 0.29) is 11.9 Å². The SMILES string of the molecule is Cc1nnc(-c2ccc(-c3ccc(O[C@H]4C[C@H]5CC[C@@H](C4)N5)nn3)c(O)c2)o1. The van der Waals surface area contributed by atoms with Crippen molar-refractivity contribution in [3.05, 3.63) is 36.2 Å². The van der Waals surface area contributed by atoms with Gasteiger partial charge in [0.1, 0.15) is 11.9 Å². The normalized spacial score (nSPS) is 23.7. The average molecular weight is 379 g/mol. The second kappa shape index (κ2) is 6.87. The molecule has 0 saturated carbocycles. The van der Waals surface area contributed by atoms with Gasteiger partial charge in [-0.15, -0.1) is 20.4 Å². The van der Waals surface area contributed by atoms with Crippen molar-refractivity contribution in [2.24, 2.45) is 0 Å². The minimum absolute atomic E-state index is 0.0752. The van der Waals surface area contributed by atoms with Crippen LogP contribution >= 0.6 is 0 Å². The average Bonchev–Trinajstić information content (AvgIpc) is 3.27. The van der Waals surface area contributed by atoms with Crippen LogP contribution in [-0.4, -0.2) is 43.7 Å². The molecule has 3 atom stereocenters. The van der Waals surface area contributed by atoms with E-state index in [0.717, 1.165) is 12.8 Å². The fraction of sp³-hybridized carbons (Fsp3) is 0.400. The molecule has 28 heavy (non-hydrogen) atoms. The van der Waals surface area contributed by atoms with Crippen molar-refractivity contribution in [2.45, 2.75) is 50.8 Å². The highest BCUT2D eigenvalue weighted by Crippen LogP contribution is 2.33. The summed E-state index contributed by atoms with van der Waals surface area (Å²) in [6, 6.07) is 9.89. The van der Waals surface area contributed by atoms with Crippen LogP contribution < -0.4 is 10.1 Å². The Morgan fingerprint density at radius 3 is 2.50 bits per heavy atom. The van der Waals surface area contributed by atoms with Crippen LogP contribution in [0.1, 0.15) is 31.6 Å². The molecule has 2 aliphatic heterocycles. The van der Waals surface area contributed by atoms with Gasteiger partial charge in [-0.25, -0.2) is 0 Å². The fourth-order valence-electron chi connectivity index (χ4n) is 4.09. The van der Waals surface area contributed by atoms with E-state index in [9.17, 15) is 5.11 Å². The zero-order chi connectivity index (χ0) is 19.1. The molecule has 4 heterocycles. The van der Waals surface area contributed by atoms with Gasteiger partial charge in [0.05, 0.1) is 5.69 Å². The van der Waals surface area contributed by atoms with Gasteiger partial charge in [-0.2, -0.15) is 0 Å². The standard InChI is InChI=1S/C20H21N5O3/c1-11-22-25-20(27-11)12-2-5-16(18(26)8-12)17-6-7-19(24-23-17)28-15-9-13-3-4-14(10-15)21-13/h2,5-8,13-15,21,26H,3-4,9-10H2,1H3/t13-,14+,15+. The molecular weight excluding hydrogens is 358 g/mol. The molecule has 2 N–H and O–H groups in total. The Balaban J connectivity index is 1.31. The van der Waals surface area contributed by atoms with E-state index >= 15 is 0 Å². The third kappa shape index (κ3) is 3.31. The molecule has 2 aromatic heterocycles. The molecule has 0 aliphatic carbocycles. The van der Waals surface area contributed by atoms with E-state index in [0.29, 0.717) is 46.6 Å². The van der Waals surface area contributed by atoms with Gasteiger partial charge >= 0.3 is 0 Å². The summed E-state index contributed by atoms with van der Waals surface area (Å²) in [5.41, 5.74) is 1.80. The van der Waals surface area contributed by atoms with E-state index < -0.39 is 0 Å². The molecular formula is C20H21N5O3. The van der Waals surface area contributed by atoms with Crippen molar-refractivity contribution in [1.29, 1.82) is 0 Å². The van der Waals surface area contributed by atoms with Gasteiger partial charge in [0.2, 0.25) is 17.7 Å². The molecule has 144 valence electrons. The maximum Gasteiger partial charge on any atom is 0.247 e. The Morgan fingerprint density at radius 2 is 1.86 bits per heavy atom. The predicted octanol–water partition coefficient (Wildman–Crippen LogP) is 2.87. The first-order chi connectivity index (χ1) is 13.6. The van der Waals surface area contributed by atoms with Crippen LogP contribution in [0.4, 0.5) is 0 Å². The molecule has 2 bridgehead atoms. The van der Waals surface area contributed by atoms with Crippen LogP contribution in [0.15, 0.2) is 34.7 Å². The number of nitrogens with one attached hydrogen (secondary N) is 1. The Kier molecular flexibility index (Phi) is 4.20. The second-order valence-corrected chi connectivity index (χ2v) is 7.46. The quantitative estimate of drug-likeness (QED) is 0.713. The fourth-order valence-corrected chi connectivity index (χ4v) is 4.09. The van der Waals surface area contributed by atoms with Gasteiger partial charge in [-0.05, 0) is 49.9 Å². The van der Waals surface area contributed by atoms with Crippen LogP contribution in [0, 0.1) is 6.92 Å². The lowest BCUT2D eigenvalue weighted by molar-refractivity contribution is 0.130. The zero-order valence-corrected chi connectivity index (χ0v) is 15.5. The van der Waals surface area contributed by atoms with E-state index in [1.165, 1.54) is 12.8 Å². The first kappa shape index (κ1) is 17.1. The van der Waals surface area contributed by atoms with Crippen molar-refractivity contribution < 1.29 is 14.3 Å². The summed E-state index contributed by atoms with van der Waals surface area (Å²) in [6.45, 7) is 1.72. The number of phenols is 1. The highest BCUT2D eigenvalue weighted by atomic mass is 16.5. The van der Waals surface area contributed by atoms with Crippen LogP contribution in [0.25, 0.3) is 22.7 Å². The van der Waals surface area contributed by atoms with Crippen LogP contribution in [0.5, 0.6) is 11.6 Å². The summed E-state index contributed by atoms with van der Waals surface area (Å²) in [7, 11) is 0. The topological polar surface area (TPSA) is 106 Å². The van der Waals surface area contributed by atoms with Crippen molar-refractivity contribution in [1.82, 2.24) is 25.7 Å². The predicted molar refractivity (Wildman–Crippen MR) is 101 cm³/mol. The van der Waals surface area contributed by atoms with Gasteiger partial charge in [0, 0.05) is 36.2 Å². The largest absolute Gasteiger partial charge is 0.507 e. The molecule has 8 heteroatoms. The van der Waals surface area contributed by atoms with Crippen molar-refractivity contribution in [3.63, 3.8) is 0 Å². The third-order valence-electron chi connectivity index (χ3n) is 5.40. The molecule has 0 unspecified atom stereocenters. The summed E-state index contributed by atoms with van der Waals surface area (Å²) in [5.74, 6) is 1.44.